The monoisotopic (exact) mass is 154 g/mol. The number of hydrogen-bond donors (Lipinski definition) is 0. The fourth-order valence-corrected chi connectivity index (χ4v) is 1.47. The first-order valence-corrected chi connectivity index (χ1v) is 5.20. The summed E-state index contributed by atoms with van der Waals surface area (Å²) in [4.78, 5) is 0. The lowest BCUT2D eigenvalue weighted by molar-refractivity contribution is 0.374. The molecule has 66 valence electrons. The number of hydrogen-bond acceptors (Lipinski definition) is 0. The summed E-state index contributed by atoms with van der Waals surface area (Å²) < 4.78 is 0. The van der Waals surface area contributed by atoms with Crippen LogP contribution < -0.4 is 0 Å². The van der Waals surface area contributed by atoms with Crippen LogP contribution in [-0.4, -0.2) is 0 Å². The first-order valence-electron chi connectivity index (χ1n) is 5.20. The molecule has 0 heterocycles. The van der Waals surface area contributed by atoms with Gasteiger partial charge in [-0.2, -0.15) is 0 Å². The molecular weight excluding hydrogens is 132 g/mol. The van der Waals surface area contributed by atoms with E-state index >= 15 is 0 Å². The van der Waals surface area contributed by atoms with E-state index in [1.165, 1.54) is 32.1 Å². The smallest absolute Gasteiger partial charge is 0.0414 e. The van der Waals surface area contributed by atoms with E-state index in [1.807, 2.05) is 0 Å². The molecule has 0 saturated heterocycles. The Morgan fingerprint density at radius 2 is 1.82 bits per heavy atom. The Labute approximate surface area is 71.4 Å². The summed E-state index contributed by atoms with van der Waals surface area (Å²) >= 11 is 0. The highest BCUT2D eigenvalue weighted by Crippen LogP contribution is 2.34. The summed E-state index contributed by atoms with van der Waals surface area (Å²) in [6.45, 7) is 7.06. The molecule has 0 heteroatoms. The third-order valence-electron chi connectivity index (χ3n) is 3.11. The van der Waals surface area contributed by atoms with E-state index in [0.717, 1.165) is 17.8 Å². The zero-order valence-electron chi connectivity index (χ0n) is 8.27. The predicted octanol–water partition coefficient (Wildman–Crippen LogP) is 3.86. The van der Waals surface area contributed by atoms with Crippen LogP contribution in [0, 0.1) is 17.8 Å². The minimum atomic E-state index is 0.884. The SMILES string of the molecule is CC(C)C(C)CCCC1CC1. The molecule has 11 heavy (non-hydrogen) atoms. The van der Waals surface area contributed by atoms with Crippen molar-refractivity contribution in [1.29, 1.82) is 0 Å². The van der Waals surface area contributed by atoms with Crippen LogP contribution >= 0.6 is 0 Å². The molecule has 1 unspecified atom stereocenters. The molecular formula is C11H22. The zero-order valence-corrected chi connectivity index (χ0v) is 8.27. The van der Waals surface area contributed by atoms with Gasteiger partial charge in [0.05, 0.1) is 0 Å². The Balaban J connectivity index is 1.92. The molecule has 1 saturated carbocycles. The van der Waals surface area contributed by atoms with Gasteiger partial charge in [0.25, 0.3) is 0 Å². The van der Waals surface area contributed by atoms with Crippen molar-refractivity contribution < 1.29 is 0 Å². The van der Waals surface area contributed by atoms with Crippen LogP contribution in [-0.2, 0) is 0 Å². The molecule has 0 N–H and O–H groups in total. The molecule has 0 aromatic rings. The van der Waals surface area contributed by atoms with Crippen molar-refractivity contribution in [3.05, 3.63) is 0 Å². The van der Waals surface area contributed by atoms with E-state index in [2.05, 4.69) is 20.8 Å². The summed E-state index contributed by atoms with van der Waals surface area (Å²) in [5.74, 6) is 2.96. The molecule has 0 spiro atoms. The Bertz CT molecular complexity index is 101. The van der Waals surface area contributed by atoms with Crippen molar-refractivity contribution >= 4 is 0 Å². The van der Waals surface area contributed by atoms with Crippen LogP contribution in [0.2, 0.25) is 0 Å². The summed E-state index contributed by atoms with van der Waals surface area (Å²) in [6, 6.07) is 0. The van der Waals surface area contributed by atoms with Gasteiger partial charge in [0, 0.05) is 0 Å². The molecule has 0 aliphatic heterocycles. The van der Waals surface area contributed by atoms with E-state index < -0.39 is 0 Å². The molecule has 0 amide bonds. The highest BCUT2D eigenvalue weighted by Gasteiger charge is 2.20. The minimum Gasteiger partial charge on any atom is -0.0625 e. The maximum Gasteiger partial charge on any atom is -0.0414 e. The second kappa shape index (κ2) is 4.13. The van der Waals surface area contributed by atoms with Crippen molar-refractivity contribution in [3.8, 4) is 0 Å². The van der Waals surface area contributed by atoms with Gasteiger partial charge >= 0.3 is 0 Å². The van der Waals surface area contributed by atoms with Crippen molar-refractivity contribution in [2.24, 2.45) is 17.8 Å². The van der Waals surface area contributed by atoms with E-state index in [1.54, 1.807) is 0 Å². The summed E-state index contributed by atoms with van der Waals surface area (Å²) in [6.07, 6.45) is 7.49. The predicted molar refractivity (Wildman–Crippen MR) is 50.6 cm³/mol. The van der Waals surface area contributed by atoms with Gasteiger partial charge in [-0.1, -0.05) is 52.9 Å². The largest absolute Gasteiger partial charge is 0.0625 e. The van der Waals surface area contributed by atoms with E-state index in [-0.39, 0.29) is 0 Å². The highest BCUT2D eigenvalue weighted by molar-refractivity contribution is 4.73. The normalized spacial score (nSPS) is 20.7. The van der Waals surface area contributed by atoms with Crippen molar-refractivity contribution in [3.63, 3.8) is 0 Å². The highest BCUT2D eigenvalue weighted by atomic mass is 14.3. The Morgan fingerprint density at radius 1 is 1.18 bits per heavy atom. The van der Waals surface area contributed by atoms with E-state index in [9.17, 15) is 0 Å². The van der Waals surface area contributed by atoms with Crippen LogP contribution in [0.5, 0.6) is 0 Å². The Morgan fingerprint density at radius 3 is 2.27 bits per heavy atom. The van der Waals surface area contributed by atoms with Crippen molar-refractivity contribution in [2.75, 3.05) is 0 Å². The lowest BCUT2D eigenvalue weighted by Gasteiger charge is -2.14. The lowest BCUT2D eigenvalue weighted by atomic mass is 9.92. The fourth-order valence-electron chi connectivity index (χ4n) is 1.47. The van der Waals surface area contributed by atoms with Crippen LogP contribution in [0.1, 0.15) is 52.9 Å². The second-order valence-electron chi connectivity index (χ2n) is 4.60. The second-order valence-corrected chi connectivity index (χ2v) is 4.60. The van der Waals surface area contributed by atoms with Crippen molar-refractivity contribution in [1.82, 2.24) is 0 Å². The minimum absolute atomic E-state index is 0.884. The topological polar surface area (TPSA) is 0 Å². The lowest BCUT2D eigenvalue weighted by Crippen LogP contribution is -2.03. The van der Waals surface area contributed by atoms with E-state index in [4.69, 9.17) is 0 Å². The van der Waals surface area contributed by atoms with Gasteiger partial charge in [0.15, 0.2) is 0 Å². The molecule has 1 fully saturated rings. The quantitative estimate of drug-likeness (QED) is 0.564. The van der Waals surface area contributed by atoms with Crippen LogP contribution in [0.3, 0.4) is 0 Å². The van der Waals surface area contributed by atoms with Gasteiger partial charge < -0.3 is 0 Å². The van der Waals surface area contributed by atoms with Crippen LogP contribution in [0.15, 0.2) is 0 Å². The standard InChI is InChI=1S/C11H22/c1-9(2)10(3)5-4-6-11-7-8-11/h9-11H,4-8H2,1-3H3. The van der Waals surface area contributed by atoms with Crippen LogP contribution in [0.25, 0.3) is 0 Å². The molecule has 0 aromatic heterocycles. The van der Waals surface area contributed by atoms with Gasteiger partial charge in [-0.15, -0.1) is 0 Å². The summed E-state index contributed by atoms with van der Waals surface area (Å²) in [5.41, 5.74) is 0. The molecule has 0 radical (unpaired) electrons. The van der Waals surface area contributed by atoms with Crippen LogP contribution in [0.4, 0.5) is 0 Å². The average Bonchev–Trinajstić information content (AvgIpc) is 2.71. The first kappa shape index (κ1) is 9.09. The third kappa shape index (κ3) is 3.79. The third-order valence-corrected chi connectivity index (χ3v) is 3.11. The summed E-state index contributed by atoms with van der Waals surface area (Å²) in [5, 5.41) is 0. The van der Waals surface area contributed by atoms with E-state index in [0.29, 0.717) is 0 Å². The van der Waals surface area contributed by atoms with Gasteiger partial charge in [-0.3, -0.25) is 0 Å². The maximum atomic E-state index is 2.39. The molecule has 0 bridgehead atoms. The fraction of sp³-hybridized carbons (Fsp3) is 1.00. The Hall–Kier alpha value is 0. The zero-order chi connectivity index (χ0) is 8.27. The molecule has 1 aliphatic carbocycles. The Kier molecular flexibility index (Phi) is 3.42. The van der Waals surface area contributed by atoms with Crippen molar-refractivity contribution in [2.45, 2.75) is 52.9 Å². The molecule has 0 aromatic carbocycles. The van der Waals surface area contributed by atoms with Gasteiger partial charge in [0.1, 0.15) is 0 Å². The molecule has 1 atom stereocenters. The van der Waals surface area contributed by atoms with Gasteiger partial charge in [-0.25, -0.2) is 0 Å². The van der Waals surface area contributed by atoms with Gasteiger partial charge in [0.2, 0.25) is 0 Å². The molecule has 0 nitrogen and oxygen atoms in total. The summed E-state index contributed by atoms with van der Waals surface area (Å²) in [7, 11) is 0. The average molecular weight is 154 g/mol. The maximum absolute atomic E-state index is 2.39. The van der Waals surface area contributed by atoms with Gasteiger partial charge in [-0.05, 0) is 17.8 Å². The molecule has 1 rings (SSSR count). The molecule has 1 aliphatic rings. The number of rotatable bonds is 5. The first-order chi connectivity index (χ1) is 5.20.